The second kappa shape index (κ2) is 10.9. The van der Waals surface area contributed by atoms with E-state index in [1.165, 1.54) is 0 Å². The highest BCUT2D eigenvalue weighted by Crippen LogP contribution is 2.34. The first-order valence-electron chi connectivity index (χ1n) is 9.96. The van der Waals surface area contributed by atoms with E-state index in [4.69, 9.17) is 24.1 Å². The molecule has 1 aliphatic heterocycles. The number of carbonyl (C=O) groups is 1. The molecule has 1 aliphatic rings. The topological polar surface area (TPSA) is 115 Å². The van der Waals surface area contributed by atoms with Crippen LogP contribution in [0.15, 0.2) is 18.2 Å². The smallest absolute Gasteiger partial charge is 0.432 e. The minimum atomic E-state index is -1.16. The van der Waals surface area contributed by atoms with Gasteiger partial charge >= 0.3 is 6.16 Å². The van der Waals surface area contributed by atoms with Gasteiger partial charge in [0.25, 0.3) is 0 Å². The highest BCUT2D eigenvalue weighted by Gasteiger charge is 2.36. The Morgan fingerprint density at radius 3 is 2.31 bits per heavy atom. The Morgan fingerprint density at radius 2 is 1.76 bits per heavy atom. The van der Waals surface area contributed by atoms with Crippen LogP contribution in [0.4, 0.5) is 4.79 Å². The van der Waals surface area contributed by atoms with Crippen molar-refractivity contribution in [2.75, 3.05) is 19.8 Å². The monoisotopic (exact) mass is 412 g/mol. The van der Waals surface area contributed by atoms with Crippen molar-refractivity contribution in [3.63, 3.8) is 0 Å². The molecule has 2 rings (SSSR count). The van der Waals surface area contributed by atoms with Crippen molar-refractivity contribution >= 4 is 6.16 Å². The van der Waals surface area contributed by atoms with Gasteiger partial charge in [0.2, 0.25) is 0 Å². The molecule has 0 spiro atoms. The minimum absolute atomic E-state index is 0.0175. The third-order valence-corrected chi connectivity index (χ3v) is 4.83. The van der Waals surface area contributed by atoms with Gasteiger partial charge in [0.1, 0.15) is 24.6 Å². The standard InChI is InChI=1S/C21H32O8/c1-12(2)14-6-5-7-15(13(3)4)20(14)29-21(25)27-9-8-26-18-10-16(23)19(24)17(11-22)28-18/h5-7,12-13,16-19,22-24H,8-11H2,1-4H3/t16?,17?,18-,19-/m0/s1. The third kappa shape index (κ3) is 6.38. The Labute approximate surface area is 171 Å². The fraction of sp³-hybridized carbons (Fsp3) is 0.667. The Kier molecular flexibility index (Phi) is 8.85. The van der Waals surface area contributed by atoms with E-state index in [1.54, 1.807) is 0 Å². The first-order valence-corrected chi connectivity index (χ1v) is 9.96. The summed E-state index contributed by atoms with van der Waals surface area (Å²) in [6, 6.07) is 5.81. The van der Waals surface area contributed by atoms with Crippen LogP contribution in [0.2, 0.25) is 0 Å². The number of carbonyl (C=O) groups excluding carboxylic acids is 1. The zero-order valence-electron chi connectivity index (χ0n) is 17.4. The average molecular weight is 412 g/mol. The highest BCUT2D eigenvalue weighted by atomic mass is 16.7. The molecule has 8 nitrogen and oxygen atoms in total. The number of aliphatic hydroxyl groups is 3. The van der Waals surface area contributed by atoms with Gasteiger partial charge in [-0.15, -0.1) is 0 Å². The lowest BCUT2D eigenvalue weighted by molar-refractivity contribution is -0.258. The number of aliphatic hydroxyl groups excluding tert-OH is 3. The lowest BCUT2D eigenvalue weighted by Crippen LogP contribution is -2.50. The fourth-order valence-corrected chi connectivity index (χ4v) is 3.19. The maximum Gasteiger partial charge on any atom is 0.513 e. The van der Waals surface area contributed by atoms with E-state index < -0.39 is 37.4 Å². The van der Waals surface area contributed by atoms with Crippen LogP contribution < -0.4 is 4.74 Å². The van der Waals surface area contributed by atoms with Crippen LogP contribution in [0.1, 0.15) is 57.1 Å². The summed E-state index contributed by atoms with van der Waals surface area (Å²) >= 11 is 0. The van der Waals surface area contributed by atoms with E-state index in [1.807, 2.05) is 45.9 Å². The number of benzene rings is 1. The molecule has 1 fully saturated rings. The maximum absolute atomic E-state index is 12.2. The number of ether oxygens (including phenoxy) is 4. The van der Waals surface area contributed by atoms with E-state index in [2.05, 4.69) is 0 Å². The molecule has 1 saturated heterocycles. The van der Waals surface area contributed by atoms with Crippen LogP contribution in [-0.2, 0) is 14.2 Å². The number of hydrogen-bond donors (Lipinski definition) is 3. The van der Waals surface area contributed by atoms with Crippen LogP contribution >= 0.6 is 0 Å². The van der Waals surface area contributed by atoms with Crippen molar-refractivity contribution in [1.82, 2.24) is 0 Å². The van der Waals surface area contributed by atoms with Gasteiger partial charge in [-0.25, -0.2) is 4.79 Å². The number of rotatable bonds is 8. The summed E-state index contributed by atoms with van der Waals surface area (Å²) < 4.78 is 21.4. The summed E-state index contributed by atoms with van der Waals surface area (Å²) in [6.07, 6.45) is -4.71. The Bertz CT molecular complexity index is 634. The van der Waals surface area contributed by atoms with Crippen molar-refractivity contribution in [3.05, 3.63) is 29.3 Å². The zero-order chi connectivity index (χ0) is 21.6. The summed E-state index contributed by atoms with van der Waals surface area (Å²) in [6.45, 7) is 7.63. The molecular formula is C21H32O8. The van der Waals surface area contributed by atoms with E-state index in [0.717, 1.165) is 11.1 Å². The maximum atomic E-state index is 12.2. The van der Waals surface area contributed by atoms with E-state index in [0.29, 0.717) is 5.75 Å². The summed E-state index contributed by atoms with van der Waals surface area (Å²) in [5.41, 5.74) is 1.87. The van der Waals surface area contributed by atoms with Crippen LogP contribution in [0, 0.1) is 0 Å². The third-order valence-electron chi connectivity index (χ3n) is 4.83. The molecule has 4 atom stereocenters. The van der Waals surface area contributed by atoms with Gasteiger partial charge in [0.05, 0.1) is 19.3 Å². The van der Waals surface area contributed by atoms with Crippen molar-refractivity contribution < 1.29 is 39.1 Å². The molecule has 164 valence electrons. The van der Waals surface area contributed by atoms with E-state index in [-0.39, 0.29) is 31.5 Å². The van der Waals surface area contributed by atoms with Crippen molar-refractivity contribution in [2.24, 2.45) is 0 Å². The van der Waals surface area contributed by atoms with Crippen LogP contribution in [-0.4, -0.2) is 65.9 Å². The predicted molar refractivity (Wildman–Crippen MR) is 105 cm³/mol. The normalized spacial score (nSPS) is 24.7. The zero-order valence-corrected chi connectivity index (χ0v) is 17.4. The summed E-state index contributed by atoms with van der Waals surface area (Å²) in [4.78, 5) is 12.2. The molecule has 2 unspecified atom stereocenters. The van der Waals surface area contributed by atoms with Gasteiger partial charge in [-0.3, -0.25) is 0 Å². The van der Waals surface area contributed by atoms with Crippen molar-refractivity contribution in [2.45, 2.75) is 70.6 Å². The van der Waals surface area contributed by atoms with Gasteiger partial charge < -0.3 is 34.3 Å². The molecule has 1 heterocycles. The molecule has 1 aromatic rings. The van der Waals surface area contributed by atoms with Crippen molar-refractivity contribution in [1.29, 1.82) is 0 Å². The summed E-state index contributed by atoms with van der Waals surface area (Å²) in [5.74, 6) is 0.899. The average Bonchev–Trinajstić information content (AvgIpc) is 2.67. The number of hydrogen-bond acceptors (Lipinski definition) is 8. The molecule has 0 aromatic heterocycles. The predicted octanol–water partition coefficient (Wildman–Crippen LogP) is 2.29. The van der Waals surface area contributed by atoms with E-state index >= 15 is 0 Å². The molecule has 0 aliphatic carbocycles. The van der Waals surface area contributed by atoms with Crippen LogP contribution in [0.5, 0.6) is 5.75 Å². The summed E-state index contributed by atoms with van der Waals surface area (Å²) in [7, 11) is 0. The lowest BCUT2D eigenvalue weighted by atomic mass is 9.94. The van der Waals surface area contributed by atoms with Gasteiger partial charge in [0.15, 0.2) is 6.29 Å². The lowest BCUT2D eigenvalue weighted by Gasteiger charge is -2.35. The molecule has 8 heteroatoms. The highest BCUT2D eigenvalue weighted by molar-refractivity contribution is 5.66. The minimum Gasteiger partial charge on any atom is -0.432 e. The van der Waals surface area contributed by atoms with E-state index in [9.17, 15) is 15.0 Å². The van der Waals surface area contributed by atoms with Crippen molar-refractivity contribution in [3.8, 4) is 5.75 Å². The van der Waals surface area contributed by atoms with Crippen LogP contribution in [0.3, 0.4) is 0 Å². The molecule has 0 amide bonds. The first kappa shape index (κ1) is 23.6. The Morgan fingerprint density at radius 1 is 1.14 bits per heavy atom. The van der Waals surface area contributed by atoms with Gasteiger partial charge in [-0.1, -0.05) is 45.9 Å². The second-order valence-corrected chi connectivity index (χ2v) is 7.73. The number of para-hydroxylation sites is 1. The fourth-order valence-electron chi connectivity index (χ4n) is 3.19. The Balaban J connectivity index is 1.85. The molecule has 0 bridgehead atoms. The molecular weight excluding hydrogens is 380 g/mol. The Hall–Kier alpha value is -1.71. The largest absolute Gasteiger partial charge is 0.513 e. The quantitative estimate of drug-likeness (QED) is 0.338. The molecule has 3 N–H and O–H groups in total. The second-order valence-electron chi connectivity index (χ2n) is 7.73. The summed E-state index contributed by atoms with van der Waals surface area (Å²) in [5, 5.41) is 28.6. The molecule has 29 heavy (non-hydrogen) atoms. The first-order chi connectivity index (χ1) is 13.7. The molecule has 0 radical (unpaired) electrons. The molecule has 0 saturated carbocycles. The van der Waals surface area contributed by atoms with Gasteiger partial charge in [0, 0.05) is 6.42 Å². The van der Waals surface area contributed by atoms with Gasteiger partial charge in [-0.05, 0) is 23.0 Å². The van der Waals surface area contributed by atoms with Crippen LogP contribution in [0.25, 0.3) is 0 Å². The molecule has 1 aromatic carbocycles. The van der Waals surface area contributed by atoms with Gasteiger partial charge in [-0.2, -0.15) is 0 Å². The SMILES string of the molecule is CC(C)c1cccc(C(C)C)c1OC(=O)OCCO[C@@H]1CC(O)[C@H](O)C(CO)O1.